The van der Waals surface area contributed by atoms with E-state index in [1.165, 1.54) is 6.07 Å². The van der Waals surface area contributed by atoms with E-state index in [0.29, 0.717) is 23.4 Å². The van der Waals surface area contributed by atoms with Gasteiger partial charge in [-0.05, 0) is 52.3 Å². The maximum Gasteiger partial charge on any atom is 0.336 e. The maximum atomic E-state index is 11.0. The number of aromatic carboxylic acids is 1. The molecular weight excluding hydrogens is 404 g/mol. The van der Waals surface area contributed by atoms with Crippen LogP contribution < -0.4 is 9.47 Å². The number of hydrogen-bond donors (Lipinski definition) is 1. The average Bonchev–Trinajstić information content (AvgIpc) is 2.45. The van der Waals surface area contributed by atoms with Crippen LogP contribution in [0.3, 0.4) is 0 Å². The Morgan fingerprint density at radius 1 is 1.00 bits per heavy atom. The Kier molecular flexibility index (Phi) is 5.64. The molecule has 21 heavy (non-hydrogen) atoms. The first-order chi connectivity index (χ1) is 10.1. The molecule has 0 aliphatic carbocycles. The average molecular weight is 416 g/mol. The van der Waals surface area contributed by atoms with E-state index in [-0.39, 0.29) is 5.56 Å². The van der Waals surface area contributed by atoms with Gasteiger partial charge in [0.25, 0.3) is 0 Å². The van der Waals surface area contributed by atoms with Gasteiger partial charge in [0, 0.05) is 8.95 Å². The Labute approximate surface area is 139 Å². The summed E-state index contributed by atoms with van der Waals surface area (Å²) in [5.41, 5.74) is 0.167. The first-order valence-corrected chi connectivity index (χ1v) is 7.69. The number of halogens is 2. The van der Waals surface area contributed by atoms with Gasteiger partial charge in [-0.1, -0.05) is 22.0 Å². The van der Waals surface area contributed by atoms with Crippen LogP contribution in [0.1, 0.15) is 10.4 Å². The summed E-state index contributed by atoms with van der Waals surface area (Å²) in [5, 5.41) is 9.02. The minimum absolute atomic E-state index is 0.167. The van der Waals surface area contributed by atoms with Gasteiger partial charge in [-0.3, -0.25) is 0 Å². The molecule has 2 rings (SSSR count). The highest BCUT2D eigenvalue weighted by Crippen LogP contribution is 2.23. The Morgan fingerprint density at radius 3 is 2.29 bits per heavy atom. The van der Waals surface area contributed by atoms with Gasteiger partial charge in [0.1, 0.15) is 24.7 Å². The lowest BCUT2D eigenvalue weighted by atomic mass is 10.2. The second-order valence-corrected chi connectivity index (χ2v) is 5.87. The first kappa shape index (κ1) is 15.9. The van der Waals surface area contributed by atoms with Gasteiger partial charge in [-0.25, -0.2) is 4.79 Å². The second-order valence-electron chi connectivity index (χ2n) is 4.10. The van der Waals surface area contributed by atoms with Gasteiger partial charge < -0.3 is 14.6 Å². The zero-order chi connectivity index (χ0) is 15.2. The lowest BCUT2D eigenvalue weighted by Crippen LogP contribution is -2.09. The predicted molar refractivity (Wildman–Crippen MR) is 86.2 cm³/mol. The fraction of sp³-hybridized carbons (Fsp3) is 0.133. The van der Waals surface area contributed by atoms with E-state index in [9.17, 15) is 4.79 Å². The van der Waals surface area contributed by atoms with Crippen molar-refractivity contribution in [2.75, 3.05) is 13.2 Å². The van der Waals surface area contributed by atoms with E-state index in [1.807, 2.05) is 24.3 Å². The van der Waals surface area contributed by atoms with Crippen LogP contribution in [-0.2, 0) is 0 Å². The van der Waals surface area contributed by atoms with E-state index in [2.05, 4.69) is 31.9 Å². The van der Waals surface area contributed by atoms with Crippen molar-refractivity contribution >= 4 is 37.8 Å². The SMILES string of the molecule is O=C(O)c1cc(OCCOc2cccc(Br)c2)ccc1Br. The minimum atomic E-state index is -1.00. The first-order valence-electron chi connectivity index (χ1n) is 6.10. The van der Waals surface area contributed by atoms with Crippen LogP contribution in [0, 0.1) is 0 Å². The standard InChI is InChI=1S/C15H12Br2O4/c16-10-2-1-3-11(8-10)20-6-7-21-12-4-5-14(17)13(9-12)15(18)19/h1-5,8-9H,6-7H2,(H,18,19). The van der Waals surface area contributed by atoms with Crippen LogP contribution in [-0.4, -0.2) is 24.3 Å². The van der Waals surface area contributed by atoms with Crippen molar-refractivity contribution in [1.29, 1.82) is 0 Å². The molecule has 0 saturated heterocycles. The Morgan fingerprint density at radius 2 is 1.67 bits per heavy atom. The highest BCUT2D eigenvalue weighted by molar-refractivity contribution is 9.10. The van der Waals surface area contributed by atoms with E-state index < -0.39 is 5.97 Å². The molecule has 6 heteroatoms. The van der Waals surface area contributed by atoms with E-state index >= 15 is 0 Å². The molecule has 0 amide bonds. The summed E-state index contributed by atoms with van der Waals surface area (Å²) in [6, 6.07) is 12.3. The Balaban J connectivity index is 1.86. The summed E-state index contributed by atoms with van der Waals surface area (Å²) >= 11 is 6.55. The molecule has 0 atom stereocenters. The summed E-state index contributed by atoms with van der Waals surface area (Å²) in [6.07, 6.45) is 0. The van der Waals surface area contributed by atoms with Crippen molar-refractivity contribution in [2.24, 2.45) is 0 Å². The number of rotatable bonds is 6. The van der Waals surface area contributed by atoms with Crippen LogP contribution in [0.2, 0.25) is 0 Å². The van der Waals surface area contributed by atoms with E-state index in [1.54, 1.807) is 12.1 Å². The fourth-order valence-electron chi connectivity index (χ4n) is 1.63. The molecule has 4 nitrogen and oxygen atoms in total. The number of hydrogen-bond acceptors (Lipinski definition) is 3. The third-order valence-corrected chi connectivity index (χ3v) is 3.77. The molecule has 2 aromatic rings. The molecule has 0 radical (unpaired) electrons. The highest BCUT2D eigenvalue weighted by atomic mass is 79.9. The molecule has 110 valence electrons. The van der Waals surface area contributed by atoms with Crippen LogP contribution in [0.4, 0.5) is 0 Å². The van der Waals surface area contributed by atoms with Crippen molar-refractivity contribution < 1.29 is 19.4 Å². The van der Waals surface area contributed by atoms with Crippen molar-refractivity contribution in [3.8, 4) is 11.5 Å². The predicted octanol–water partition coefficient (Wildman–Crippen LogP) is 4.37. The van der Waals surface area contributed by atoms with Crippen molar-refractivity contribution in [3.63, 3.8) is 0 Å². The van der Waals surface area contributed by atoms with Crippen LogP contribution >= 0.6 is 31.9 Å². The van der Waals surface area contributed by atoms with Gasteiger partial charge in [0.2, 0.25) is 0 Å². The summed E-state index contributed by atoms with van der Waals surface area (Å²) < 4.78 is 12.5. The topological polar surface area (TPSA) is 55.8 Å². The normalized spacial score (nSPS) is 10.2. The monoisotopic (exact) mass is 414 g/mol. The van der Waals surface area contributed by atoms with Crippen molar-refractivity contribution in [2.45, 2.75) is 0 Å². The third kappa shape index (κ3) is 4.75. The summed E-state index contributed by atoms with van der Waals surface area (Å²) in [6.45, 7) is 0.697. The van der Waals surface area contributed by atoms with Crippen LogP contribution in [0.5, 0.6) is 11.5 Å². The molecule has 0 fully saturated rings. The third-order valence-electron chi connectivity index (χ3n) is 2.59. The minimum Gasteiger partial charge on any atom is -0.490 e. The number of carboxylic acid groups (broad SMARTS) is 1. The molecule has 0 aliphatic rings. The molecule has 1 N–H and O–H groups in total. The molecule has 2 aromatic carbocycles. The Hall–Kier alpha value is -1.53. The maximum absolute atomic E-state index is 11.0. The highest BCUT2D eigenvalue weighted by Gasteiger charge is 2.09. The lowest BCUT2D eigenvalue weighted by molar-refractivity contribution is 0.0695. The second kappa shape index (κ2) is 7.47. The zero-order valence-corrected chi connectivity index (χ0v) is 14.1. The van der Waals surface area contributed by atoms with Gasteiger partial charge in [-0.15, -0.1) is 0 Å². The lowest BCUT2D eigenvalue weighted by Gasteiger charge is -2.09. The largest absolute Gasteiger partial charge is 0.490 e. The summed E-state index contributed by atoms with van der Waals surface area (Å²) in [4.78, 5) is 11.0. The molecule has 0 spiro atoms. The quantitative estimate of drug-likeness (QED) is 0.711. The van der Waals surface area contributed by atoms with Crippen LogP contribution in [0.25, 0.3) is 0 Å². The van der Waals surface area contributed by atoms with E-state index in [4.69, 9.17) is 14.6 Å². The number of benzene rings is 2. The molecular formula is C15H12Br2O4. The molecule has 0 aromatic heterocycles. The van der Waals surface area contributed by atoms with Gasteiger partial charge in [0.05, 0.1) is 5.56 Å². The van der Waals surface area contributed by atoms with Gasteiger partial charge >= 0.3 is 5.97 Å². The van der Waals surface area contributed by atoms with Gasteiger partial charge in [0.15, 0.2) is 0 Å². The van der Waals surface area contributed by atoms with E-state index in [0.717, 1.165) is 10.2 Å². The smallest absolute Gasteiger partial charge is 0.336 e. The Bertz CT molecular complexity index is 643. The number of carbonyl (C=O) groups is 1. The summed E-state index contributed by atoms with van der Waals surface area (Å²) in [7, 11) is 0. The zero-order valence-electron chi connectivity index (χ0n) is 10.9. The van der Waals surface area contributed by atoms with Crippen LogP contribution in [0.15, 0.2) is 51.4 Å². The fourth-order valence-corrected chi connectivity index (χ4v) is 2.43. The molecule has 0 bridgehead atoms. The summed E-state index contributed by atoms with van der Waals surface area (Å²) in [5.74, 6) is 0.237. The van der Waals surface area contributed by atoms with Crippen molar-refractivity contribution in [3.05, 3.63) is 57.0 Å². The molecule has 0 aliphatic heterocycles. The van der Waals surface area contributed by atoms with Gasteiger partial charge in [-0.2, -0.15) is 0 Å². The molecule has 0 heterocycles. The molecule has 0 saturated carbocycles. The number of carboxylic acids is 1. The van der Waals surface area contributed by atoms with Crippen molar-refractivity contribution in [1.82, 2.24) is 0 Å². The number of ether oxygens (including phenoxy) is 2. The molecule has 0 unspecified atom stereocenters.